The Morgan fingerprint density at radius 2 is 1.78 bits per heavy atom. The number of aromatic amines is 2. The number of carbonyl (C=O) groups excluding carboxylic acids is 1. The molecule has 0 spiro atoms. The molecule has 0 aliphatic rings. The van der Waals surface area contributed by atoms with E-state index in [4.69, 9.17) is 12.2 Å². The van der Waals surface area contributed by atoms with Crippen molar-refractivity contribution in [1.29, 1.82) is 0 Å². The summed E-state index contributed by atoms with van der Waals surface area (Å²) >= 11 is 4.91. The van der Waals surface area contributed by atoms with Crippen molar-refractivity contribution in [2.24, 2.45) is 0 Å². The normalized spacial score (nSPS) is 11.5. The van der Waals surface area contributed by atoms with Gasteiger partial charge in [-0.1, -0.05) is 12.1 Å². The van der Waals surface area contributed by atoms with Crippen molar-refractivity contribution < 1.29 is 18.0 Å². The molecule has 0 fully saturated rings. The minimum atomic E-state index is -4.37. The highest BCUT2D eigenvalue weighted by Gasteiger charge is 2.29. The second-order valence-electron chi connectivity index (χ2n) is 5.87. The maximum absolute atomic E-state index is 12.5. The lowest BCUT2D eigenvalue weighted by molar-refractivity contribution is -0.137. The van der Waals surface area contributed by atoms with E-state index < -0.39 is 11.7 Å². The third kappa shape index (κ3) is 4.43. The Labute approximate surface area is 156 Å². The van der Waals surface area contributed by atoms with E-state index in [1.165, 1.54) is 30.3 Å². The Morgan fingerprint density at radius 3 is 2.44 bits per heavy atom. The lowest BCUT2D eigenvalue weighted by Crippen LogP contribution is -2.25. The number of aromatic nitrogens is 2. The molecule has 0 saturated carbocycles. The Bertz CT molecular complexity index is 1100. The highest BCUT2D eigenvalue weighted by molar-refractivity contribution is 7.71. The summed E-state index contributed by atoms with van der Waals surface area (Å²) in [5.74, 6) is -0.358. The van der Waals surface area contributed by atoms with Gasteiger partial charge in [0, 0.05) is 12.1 Å². The predicted molar refractivity (Wildman–Crippen MR) is 97.2 cm³/mol. The van der Waals surface area contributed by atoms with Crippen LogP contribution < -0.4 is 10.9 Å². The van der Waals surface area contributed by atoms with Gasteiger partial charge >= 0.3 is 6.18 Å². The number of halogens is 3. The molecule has 5 nitrogen and oxygen atoms in total. The number of fused-ring (bicyclic) bond motifs is 1. The van der Waals surface area contributed by atoms with Gasteiger partial charge in [-0.25, -0.2) is 0 Å². The van der Waals surface area contributed by atoms with E-state index in [1.54, 1.807) is 0 Å². The topological polar surface area (TPSA) is 77.8 Å². The first-order valence-corrected chi connectivity index (χ1v) is 8.35. The van der Waals surface area contributed by atoms with Gasteiger partial charge in [-0.3, -0.25) is 14.6 Å². The molecule has 0 saturated heterocycles. The first-order valence-electron chi connectivity index (χ1n) is 7.95. The van der Waals surface area contributed by atoms with Crippen LogP contribution in [-0.2, 0) is 12.6 Å². The van der Waals surface area contributed by atoms with Gasteiger partial charge in [0.1, 0.15) is 0 Å². The van der Waals surface area contributed by atoms with Crippen molar-refractivity contribution in [2.45, 2.75) is 12.6 Å². The minimum Gasteiger partial charge on any atom is -0.352 e. The summed E-state index contributed by atoms with van der Waals surface area (Å²) in [7, 11) is 0. The Kier molecular flexibility index (Phi) is 5.13. The smallest absolute Gasteiger partial charge is 0.352 e. The molecule has 1 heterocycles. The molecule has 3 aromatic rings. The molecular formula is C18H14F3N3O2S. The fraction of sp³-hybridized carbons (Fsp3) is 0.167. The summed E-state index contributed by atoms with van der Waals surface area (Å²) < 4.78 is 37.8. The number of hydrogen-bond donors (Lipinski definition) is 3. The number of rotatable bonds is 4. The molecule has 1 aromatic heterocycles. The van der Waals surface area contributed by atoms with Crippen LogP contribution in [0.4, 0.5) is 13.2 Å². The highest BCUT2D eigenvalue weighted by Crippen LogP contribution is 2.29. The van der Waals surface area contributed by atoms with Crippen LogP contribution in [0.3, 0.4) is 0 Å². The molecule has 9 heteroatoms. The summed E-state index contributed by atoms with van der Waals surface area (Å²) in [6, 6.07) is 9.36. The van der Waals surface area contributed by atoms with Crippen molar-refractivity contribution in [3.8, 4) is 0 Å². The van der Waals surface area contributed by atoms with Crippen LogP contribution in [0.25, 0.3) is 10.9 Å². The second-order valence-corrected chi connectivity index (χ2v) is 6.28. The van der Waals surface area contributed by atoms with E-state index in [1.807, 2.05) is 0 Å². The van der Waals surface area contributed by atoms with Crippen LogP contribution in [0.2, 0.25) is 0 Å². The SMILES string of the molecule is O=C(NCCc1ccc(C(F)(F)F)cc1)c1ccc2c(=O)[nH]c(=S)[nH]c2c1. The molecule has 0 radical (unpaired) electrons. The van der Waals surface area contributed by atoms with Gasteiger partial charge in [0.25, 0.3) is 11.5 Å². The maximum atomic E-state index is 12.5. The number of benzene rings is 2. The van der Waals surface area contributed by atoms with Crippen LogP contribution in [0.15, 0.2) is 47.3 Å². The molecule has 0 unspecified atom stereocenters. The molecule has 2 aromatic carbocycles. The number of H-pyrrole nitrogens is 2. The Hall–Kier alpha value is -2.94. The quantitative estimate of drug-likeness (QED) is 0.593. The van der Waals surface area contributed by atoms with Crippen LogP contribution in [-0.4, -0.2) is 22.4 Å². The number of amides is 1. The first kappa shape index (κ1) is 18.8. The average Bonchev–Trinajstić information content (AvgIpc) is 2.60. The molecule has 1 amide bonds. The second kappa shape index (κ2) is 7.36. The monoisotopic (exact) mass is 393 g/mol. The summed E-state index contributed by atoms with van der Waals surface area (Å²) in [5.41, 5.74) is 0.407. The first-order chi connectivity index (χ1) is 12.7. The zero-order valence-corrected chi connectivity index (χ0v) is 14.6. The molecular weight excluding hydrogens is 379 g/mol. The third-order valence-electron chi connectivity index (χ3n) is 3.98. The Balaban J connectivity index is 1.65. The van der Waals surface area contributed by atoms with Gasteiger partial charge in [-0.2, -0.15) is 13.2 Å². The van der Waals surface area contributed by atoms with Gasteiger partial charge in [0.2, 0.25) is 0 Å². The lowest BCUT2D eigenvalue weighted by Gasteiger charge is -2.09. The summed E-state index contributed by atoms with van der Waals surface area (Å²) in [5, 5.41) is 3.08. The van der Waals surface area contributed by atoms with E-state index >= 15 is 0 Å². The van der Waals surface area contributed by atoms with Crippen molar-refractivity contribution in [3.63, 3.8) is 0 Å². The van der Waals surface area contributed by atoms with Gasteiger partial charge in [0.15, 0.2) is 4.77 Å². The summed E-state index contributed by atoms with van der Waals surface area (Å²) in [6.45, 7) is 0.258. The van der Waals surface area contributed by atoms with E-state index in [2.05, 4.69) is 15.3 Å². The largest absolute Gasteiger partial charge is 0.416 e. The van der Waals surface area contributed by atoms with Crippen LogP contribution in [0.5, 0.6) is 0 Å². The molecule has 3 N–H and O–H groups in total. The standard InChI is InChI=1S/C18H14F3N3O2S/c19-18(20,21)12-4-1-10(2-5-12)7-8-22-15(25)11-3-6-13-14(9-11)23-17(27)24-16(13)26/h1-6,9H,7-8H2,(H,22,25)(H2,23,24,26,27). The van der Waals surface area contributed by atoms with Gasteiger partial charge in [0.05, 0.1) is 16.5 Å². The Morgan fingerprint density at radius 1 is 1.07 bits per heavy atom. The van der Waals surface area contributed by atoms with Gasteiger partial charge in [-0.15, -0.1) is 0 Å². The molecule has 0 aliphatic carbocycles. The van der Waals surface area contributed by atoms with Crippen molar-refractivity contribution >= 4 is 29.0 Å². The molecule has 0 aliphatic heterocycles. The average molecular weight is 393 g/mol. The molecule has 0 bridgehead atoms. The van der Waals surface area contributed by atoms with Gasteiger partial charge in [-0.05, 0) is 54.5 Å². The number of alkyl halides is 3. The van der Waals surface area contributed by atoms with E-state index in [9.17, 15) is 22.8 Å². The molecule has 27 heavy (non-hydrogen) atoms. The summed E-state index contributed by atoms with van der Waals surface area (Å²) in [4.78, 5) is 29.3. The van der Waals surface area contributed by atoms with E-state index in [-0.39, 0.29) is 22.8 Å². The molecule has 3 rings (SSSR count). The van der Waals surface area contributed by atoms with E-state index in [0.717, 1.165) is 12.1 Å². The van der Waals surface area contributed by atoms with Crippen LogP contribution in [0, 0.1) is 4.77 Å². The fourth-order valence-corrected chi connectivity index (χ4v) is 2.80. The highest BCUT2D eigenvalue weighted by atomic mass is 32.1. The van der Waals surface area contributed by atoms with Crippen molar-refractivity contribution in [2.75, 3.05) is 6.54 Å². The third-order valence-corrected chi connectivity index (χ3v) is 4.19. The van der Waals surface area contributed by atoms with Crippen LogP contribution in [0.1, 0.15) is 21.5 Å². The molecule has 0 atom stereocenters. The number of nitrogens with one attached hydrogen (secondary N) is 3. The van der Waals surface area contributed by atoms with Gasteiger partial charge < -0.3 is 10.3 Å². The fourth-order valence-electron chi connectivity index (χ4n) is 2.59. The predicted octanol–water partition coefficient (Wildman–Crippen LogP) is 3.58. The zero-order chi connectivity index (χ0) is 19.6. The lowest BCUT2D eigenvalue weighted by atomic mass is 10.1. The number of hydrogen-bond acceptors (Lipinski definition) is 3. The van der Waals surface area contributed by atoms with Crippen molar-refractivity contribution in [3.05, 3.63) is 74.3 Å². The van der Waals surface area contributed by atoms with Crippen molar-refractivity contribution in [1.82, 2.24) is 15.3 Å². The number of carbonyl (C=O) groups is 1. The molecule has 140 valence electrons. The maximum Gasteiger partial charge on any atom is 0.416 e. The zero-order valence-electron chi connectivity index (χ0n) is 13.8. The minimum absolute atomic E-state index is 0.160. The summed E-state index contributed by atoms with van der Waals surface area (Å²) in [6.07, 6.45) is -3.98. The van der Waals surface area contributed by atoms with Crippen LogP contribution >= 0.6 is 12.2 Å². The van der Waals surface area contributed by atoms with E-state index in [0.29, 0.717) is 28.5 Å².